The van der Waals surface area contributed by atoms with Gasteiger partial charge in [0.05, 0.1) is 0 Å². The fourth-order valence-electron chi connectivity index (χ4n) is 0.631. The van der Waals surface area contributed by atoms with E-state index in [4.69, 9.17) is 11.5 Å². The number of rotatable bonds is 7. The van der Waals surface area contributed by atoms with Crippen LogP contribution < -0.4 is 46.9 Å². The summed E-state index contributed by atoms with van der Waals surface area (Å²) in [5.74, 6) is 0. The third-order valence-corrected chi connectivity index (χ3v) is 1.12. The van der Waals surface area contributed by atoms with Gasteiger partial charge in [0.15, 0.2) is 0 Å². The van der Waals surface area contributed by atoms with Gasteiger partial charge in [0.1, 0.15) is 0 Å². The summed E-state index contributed by atoms with van der Waals surface area (Å²) in [6, 6.07) is 0. The van der Waals surface area contributed by atoms with Crippen molar-refractivity contribution in [3.8, 4) is 0 Å². The van der Waals surface area contributed by atoms with Crippen molar-refractivity contribution in [1.82, 2.24) is 10.6 Å². The van der Waals surface area contributed by atoms with Crippen molar-refractivity contribution in [1.29, 1.82) is 0 Å². The summed E-state index contributed by atoms with van der Waals surface area (Å²) in [5, 5.41) is 6.33. The van der Waals surface area contributed by atoms with E-state index < -0.39 is 0 Å². The predicted molar refractivity (Wildman–Crippen MR) is 43.8 cm³/mol. The van der Waals surface area contributed by atoms with Crippen LogP contribution in [0.2, 0.25) is 0 Å². The van der Waals surface area contributed by atoms with E-state index in [0.29, 0.717) is 13.1 Å². The van der Waals surface area contributed by atoms with Crippen LogP contribution in [-0.2, 0) is 17.1 Å². The molecule has 0 rings (SSSR count). The molecule has 0 heterocycles. The summed E-state index contributed by atoms with van der Waals surface area (Å²) in [6.07, 6.45) is 0. The maximum Gasteiger partial charge on any atom is 2.00 e. The molecule has 4 nitrogen and oxygen atoms in total. The SMILES string of the molecule is NCCNCCNCCN.[Cl-].[Cl-].[Cu+2]. The van der Waals surface area contributed by atoms with Crippen molar-refractivity contribution in [3.05, 3.63) is 0 Å². The van der Waals surface area contributed by atoms with E-state index in [9.17, 15) is 0 Å². The molecule has 87 valence electrons. The number of nitrogens with two attached hydrogens (primary N) is 2. The fraction of sp³-hybridized carbons (Fsp3) is 1.00. The smallest absolute Gasteiger partial charge is 1.00 e. The summed E-state index contributed by atoms with van der Waals surface area (Å²) in [5.41, 5.74) is 10.5. The van der Waals surface area contributed by atoms with Crippen LogP contribution in [0.5, 0.6) is 0 Å². The molecule has 0 aromatic carbocycles. The second-order valence-corrected chi connectivity index (χ2v) is 2.08. The van der Waals surface area contributed by atoms with Crippen LogP contribution in [0, 0.1) is 0 Å². The molecule has 7 heteroatoms. The molecule has 0 aliphatic rings. The van der Waals surface area contributed by atoms with Crippen molar-refractivity contribution < 1.29 is 41.9 Å². The summed E-state index contributed by atoms with van der Waals surface area (Å²) >= 11 is 0. The summed E-state index contributed by atoms with van der Waals surface area (Å²) in [7, 11) is 0. The molecule has 0 atom stereocenters. The summed E-state index contributed by atoms with van der Waals surface area (Å²) in [4.78, 5) is 0. The molecule has 0 aromatic heterocycles. The first kappa shape index (κ1) is 23.6. The first-order valence-electron chi connectivity index (χ1n) is 3.73. The molecule has 0 amide bonds. The fourth-order valence-corrected chi connectivity index (χ4v) is 0.631. The van der Waals surface area contributed by atoms with Crippen LogP contribution >= 0.6 is 0 Å². The number of hydrogen-bond acceptors (Lipinski definition) is 4. The maximum absolute atomic E-state index is 5.27. The van der Waals surface area contributed by atoms with E-state index in [-0.39, 0.29) is 41.9 Å². The minimum absolute atomic E-state index is 0. The molecule has 1 radical (unpaired) electrons. The van der Waals surface area contributed by atoms with Crippen molar-refractivity contribution in [2.45, 2.75) is 0 Å². The second-order valence-electron chi connectivity index (χ2n) is 2.08. The molecular weight excluding hydrogens is 263 g/mol. The molecular formula is C6H18Cl2CuN4. The van der Waals surface area contributed by atoms with E-state index in [1.165, 1.54) is 0 Å². The zero-order valence-electron chi connectivity index (χ0n) is 7.45. The Hall–Kier alpha value is 0.939. The molecule has 0 bridgehead atoms. The van der Waals surface area contributed by atoms with Gasteiger partial charge in [-0.25, -0.2) is 0 Å². The molecule has 0 saturated carbocycles. The Balaban J connectivity index is -0.000000135. The Labute approximate surface area is 103 Å². The van der Waals surface area contributed by atoms with Crippen LogP contribution in [0.25, 0.3) is 0 Å². The van der Waals surface area contributed by atoms with Crippen molar-refractivity contribution >= 4 is 0 Å². The van der Waals surface area contributed by atoms with Gasteiger partial charge in [-0.05, 0) is 0 Å². The number of nitrogens with one attached hydrogen (secondary N) is 2. The molecule has 0 aromatic rings. The van der Waals surface area contributed by atoms with Crippen LogP contribution in [-0.4, -0.2) is 39.3 Å². The molecule has 0 unspecified atom stereocenters. The van der Waals surface area contributed by atoms with Gasteiger partial charge in [0, 0.05) is 39.3 Å². The van der Waals surface area contributed by atoms with E-state index in [1.54, 1.807) is 0 Å². The zero-order chi connectivity index (χ0) is 7.66. The molecule has 0 aliphatic heterocycles. The van der Waals surface area contributed by atoms with Gasteiger partial charge in [-0.2, -0.15) is 0 Å². The first-order valence-corrected chi connectivity index (χ1v) is 3.73. The van der Waals surface area contributed by atoms with Crippen LogP contribution in [0.4, 0.5) is 0 Å². The molecule has 0 aliphatic carbocycles. The van der Waals surface area contributed by atoms with Crippen LogP contribution in [0.15, 0.2) is 0 Å². The molecule has 13 heavy (non-hydrogen) atoms. The summed E-state index contributed by atoms with van der Waals surface area (Å²) in [6.45, 7) is 5.14. The average molecular weight is 281 g/mol. The third-order valence-electron chi connectivity index (χ3n) is 1.12. The molecule has 0 saturated heterocycles. The zero-order valence-corrected chi connectivity index (χ0v) is 9.91. The standard InChI is InChI=1S/C6H18N4.2ClH.Cu/c7-1-3-9-5-6-10-4-2-8;;;/h9-10H,1-8H2;2*1H;/q;;;+2/p-2. The molecule has 6 N–H and O–H groups in total. The number of halogens is 2. The normalized spacial score (nSPS) is 7.85. The van der Waals surface area contributed by atoms with E-state index in [0.717, 1.165) is 26.2 Å². The predicted octanol–water partition coefficient (Wildman–Crippen LogP) is -7.91. The van der Waals surface area contributed by atoms with Crippen molar-refractivity contribution in [2.24, 2.45) is 11.5 Å². The summed E-state index contributed by atoms with van der Waals surface area (Å²) < 4.78 is 0. The van der Waals surface area contributed by atoms with Crippen LogP contribution in [0.1, 0.15) is 0 Å². The largest absolute Gasteiger partial charge is 2.00 e. The maximum atomic E-state index is 5.27. The van der Waals surface area contributed by atoms with E-state index >= 15 is 0 Å². The first-order chi connectivity index (χ1) is 4.91. The third kappa shape index (κ3) is 24.6. The van der Waals surface area contributed by atoms with Gasteiger partial charge >= 0.3 is 17.1 Å². The van der Waals surface area contributed by atoms with Gasteiger partial charge in [-0.15, -0.1) is 0 Å². The monoisotopic (exact) mass is 279 g/mol. The van der Waals surface area contributed by atoms with Gasteiger partial charge in [0.25, 0.3) is 0 Å². The minimum Gasteiger partial charge on any atom is -1.00 e. The van der Waals surface area contributed by atoms with E-state index in [2.05, 4.69) is 10.6 Å². The Bertz CT molecular complexity index is 62.6. The molecule has 0 fully saturated rings. The van der Waals surface area contributed by atoms with Gasteiger partial charge in [-0.1, -0.05) is 0 Å². The quantitative estimate of drug-likeness (QED) is 0.276. The minimum atomic E-state index is 0. The van der Waals surface area contributed by atoms with Gasteiger partial charge in [-0.3, -0.25) is 0 Å². The Morgan fingerprint density at radius 2 is 1.00 bits per heavy atom. The van der Waals surface area contributed by atoms with Gasteiger partial charge in [0.2, 0.25) is 0 Å². The Kier molecular flexibility index (Phi) is 41.9. The van der Waals surface area contributed by atoms with Crippen molar-refractivity contribution in [2.75, 3.05) is 39.3 Å². The average Bonchev–Trinajstić information content (AvgIpc) is 1.97. The van der Waals surface area contributed by atoms with Crippen molar-refractivity contribution in [3.63, 3.8) is 0 Å². The van der Waals surface area contributed by atoms with Gasteiger partial charge < -0.3 is 46.9 Å². The number of hydrogen-bond donors (Lipinski definition) is 4. The van der Waals surface area contributed by atoms with E-state index in [1.807, 2.05) is 0 Å². The molecule has 0 spiro atoms. The Morgan fingerprint density at radius 3 is 1.23 bits per heavy atom. The topological polar surface area (TPSA) is 76.1 Å². The van der Waals surface area contributed by atoms with Crippen LogP contribution in [0.3, 0.4) is 0 Å². The Morgan fingerprint density at radius 1 is 0.692 bits per heavy atom. The second kappa shape index (κ2) is 23.1.